The lowest BCUT2D eigenvalue weighted by atomic mass is 10.4. The molecule has 2 rings (SSSR count). The van der Waals surface area contributed by atoms with Gasteiger partial charge in [-0.15, -0.1) is 0 Å². The fourth-order valence-electron chi connectivity index (χ4n) is 1.90. The van der Waals surface area contributed by atoms with Gasteiger partial charge in [-0.1, -0.05) is 0 Å². The molecule has 0 amide bonds. The third kappa shape index (κ3) is 2.43. The first-order chi connectivity index (χ1) is 8.22. The molecule has 0 aliphatic carbocycles. The van der Waals surface area contributed by atoms with Crippen LogP contribution in [-0.4, -0.2) is 34.5 Å². The fourth-order valence-corrected chi connectivity index (χ4v) is 1.90. The average Bonchev–Trinajstić information content (AvgIpc) is 2.82. The second kappa shape index (κ2) is 4.94. The summed E-state index contributed by atoms with van der Waals surface area (Å²) in [6.07, 6.45) is 3.38. The Balaban J connectivity index is 2.35. The van der Waals surface area contributed by atoms with Crippen molar-refractivity contribution in [3.63, 3.8) is 0 Å². The van der Waals surface area contributed by atoms with Gasteiger partial charge in [0.25, 0.3) is 0 Å². The highest BCUT2D eigenvalue weighted by Crippen LogP contribution is 2.28. The molecule has 1 N–H and O–H groups in total. The first-order valence-corrected chi connectivity index (χ1v) is 5.72. The molecule has 1 saturated heterocycles. The number of aromatic nitrogens is 2. The first kappa shape index (κ1) is 11.6. The van der Waals surface area contributed by atoms with Gasteiger partial charge < -0.3 is 10.2 Å². The van der Waals surface area contributed by atoms with Crippen LogP contribution in [0.4, 0.5) is 17.5 Å². The molecule has 7 heteroatoms. The van der Waals surface area contributed by atoms with E-state index in [9.17, 15) is 10.1 Å². The van der Waals surface area contributed by atoms with Crippen molar-refractivity contribution < 1.29 is 4.92 Å². The maximum atomic E-state index is 10.9. The Kier molecular flexibility index (Phi) is 3.36. The molecule has 2 heterocycles. The molecule has 17 heavy (non-hydrogen) atoms. The lowest BCUT2D eigenvalue weighted by Crippen LogP contribution is -2.21. The summed E-state index contributed by atoms with van der Waals surface area (Å²) in [5, 5.41) is 13.9. The molecular weight excluding hydrogens is 222 g/mol. The average molecular weight is 237 g/mol. The van der Waals surface area contributed by atoms with E-state index < -0.39 is 4.92 Å². The van der Waals surface area contributed by atoms with E-state index in [0.29, 0.717) is 18.3 Å². The van der Waals surface area contributed by atoms with Crippen molar-refractivity contribution in [2.45, 2.75) is 19.8 Å². The maximum Gasteiger partial charge on any atom is 0.329 e. The minimum absolute atomic E-state index is 0.0199. The van der Waals surface area contributed by atoms with Crippen molar-refractivity contribution in [3.8, 4) is 0 Å². The van der Waals surface area contributed by atoms with Gasteiger partial charge in [0.2, 0.25) is 11.8 Å². The van der Waals surface area contributed by atoms with Crippen molar-refractivity contribution in [1.82, 2.24) is 9.97 Å². The van der Waals surface area contributed by atoms with Crippen LogP contribution in [0, 0.1) is 10.1 Å². The molecule has 0 unspecified atom stereocenters. The van der Waals surface area contributed by atoms with Crippen molar-refractivity contribution in [2.24, 2.45) is 0 Å². The third-order valence-electron chi connectivity index (χ3n) is 2.69. The molecule has 0 radical (unpaired) electrons. The monoisotopic (exact) mass is 237 g/mol. The summed E-state index contributed by atoms with van der Waals surface area (Å²) < 4.78 is 0. The van der Waals surface area contributed by atoms with Crippen LogP contribution in [0.15, 0.2) is 6.20 Å². The molecule has 92 valence electrons. The summed E-state index contributed by atoms with van der Waals surface area (Å²) in [6.45, 7) is 4.27. The molecule has 0 saturated carbocycles. The highest BCUT2D eigenvalue weighted by molar-refractivity contribution is 5.59. The molecule has 1 aliphatic heterocycles. The van der Waals surface area contributed by atoms with Gasteiger partial charge >= 0.3 is 5.69 Å². The van der Waals surface area contributed by atoms with E-state index in [4.69, 9.17) is 0 Å². The van der Waals surface area contributed by atoms with Crippen molar-refractivity contribution in [3.05, 3.63) is 16.3 Å². The van der Waals surface area contributed by atoms with Crippen molar-refractivity contribution >= 4 is 17.5 Å². The Labute approximate surface area is 99.0 Å². The highest BCUT2D eigenvalue weighted by atomic mass is 16.6. The SMILES string of the molecule is CCNc1ncc([N+](=O)[O-])c(N2CCCC2)n1. The molecule has 0 spiro atoms. The normalized spacial score (nSPS) is 15.0. The topological polar surface area (TPSA) is 84.2 Å². The van der Waals surface area contributed by atoms with Gasteiger partial charge in [0.15, 0.2) is 0 Å². The quantitative estimate of drug-likeness (QED) is 0.629. The highest BCUT2D eigenvalue weighted by Gasteiger charge is 2.24. The summed E-state index contributed by atoms with van der Waals surface area (Å²) in [5.41, 5.74) is -0.0199. The Hall–Kier alpha value is -1.92. The predicted molar refractivity (Wildman–Crippen MR) is 64.3 cm³/mol. The summed E-state index contributed by atoms with van der Waals surface area (Å²) in [6, 6.07) is 0. The van der Waals surface area contributed by atoms with E-state index in [0.717, 1.165) is 25.9 Å². The van der Waals surface area contributed by atoms with Crippen molar-refractivity contribution in [1.29, 1.82) is 0 Å². The van der Waals surface area contributed by atoms with E-state index in [-0.39, 0.29) is 5.69 Å². The van der Waals surface area contributed by atoms with Crippen LogP contribution >= 0.6 is 0 Å². The molecular formula is C10H15N5O2. The van der Waals surface area contributed by atoms with Gasteiger partial charge in [-0.25, -0.2) is 4.98 Å². The molecule has 1 aliphatic rings. The zero-order valence-corrected chi connectivity index (χ0v) is 9.72. The predicted octanol–water partition coefficient (Wildman–Crippen LogP) is 1.42. The smallest absolute Gasteiger partial charge is 0.329 e. The van der Waals surface area contributed by atoms with Crippen LogP contribution in [0.1, 0.15) is 19.8 Å². The lowest BCUT2D eigenvalue weighted by Gasteiger charge is -2.16. The zero-order valence-electron chi connectivity index (χ0n) is 9.72. The van der Waals surface area contributed by atoms with Gasteiger partial charge in [-0.3, -0.25) is 10.1 Å². The van der Waals surface area contributed by atoms with Crippen LogP contribution in [0.3, 0.4) is 0 Å². The van der Waals surface area contributed by atoms with E-state index >= 15 is 0 Å². The minimum atomic E-state index is -0.427. The van der Waals surface area contributed by atoms with Crippen molar-refractivity contribution in [2.75, 3.05) is 29.9 Å². The zero-order chi connectivity index (χ0) is 12.3. The first-order valence-electron chi connectivity index (χ1n) is 5.72. The number of nitro groups is 1. The van der Waals surface area contributed by atoms with Gasteiger partial charge in [0.05, 0.1) is 4.92 Å². The van der Waals surface area contributed by atoms with Gasteiger partial charge in [0.1, 0.15) is 6.20 Å². The van der Waals surface area contributed by atoms with Crippen LogP contribution in [0.5, 0.6) is 0 Å². The van der Waals surface area contributed by atoms with Gasteiger partial charge in [-0.2, -0.15) is 4.98 Å². The lowest BCUT2D eigenvalue weighted by molar-refractivity contribution is -0.384. The molecule has 0 bridgehead atoms. The second-order valence-corrected chi connectivity index (χ2v) is 3.88. The number of nitrogens with one attached hydrogen (secondary N) is 1. The summed E-state index contributed by atoms with van der Waals surface area (Å²) in [4.78, 5) is 20.6. The molecule has 1 aromatic rings. The molecule has 0 aromatic carbocycles. The maximum absolute atomic E-state index is 10.9. The van der Waals surface area contributed by atoms with E-state index in [1.54, 1.807) is 0 Å². The molecule has 1 aromatic heterocycles. The number of hydrogen-bond donors (Lipinski definition) is 1. The fraction of sp³-hybridized carbons (Fsp3) is 0.600. The number of hydrogen-bond acceptors (Lipinski definition) is 6. The molecule has 1 fully saturated rings. The number of rotatable bonds is 4. The van der Waals surface area contributed by atoms with E-state index in [1.165, 1.54) is 6.20 Å². The second-order valence-electron chi connectivity index (χ2n) is 3.88. The number of anilines is 2. The Bertz CT molecular complexity index is 417. The van der Waals surface area contributed by atoms with E-state index in [1.807, 2.05) is 11.8 Å². The molecule has 0 atom stereocenters. The van der Waals surface area contributed by atoms with Gasteiger partial charge in [0, 0.05) is 19.6 Å². The van der Waals surface area contributed by atoms with Crippen LogP contribution in [-0.2, 0) is 0 Å². The standard InChI is InChI=1S/C10H15N5O2/c1-2-11-10-12-7-8(15(16)17)9(13-10)14-5-3-4-6-14/h7H,2-6H2,1H3,(H,11,12,13). The van der Waals surface area contributed by atoms with Crippen LogP contribution < -0.4 is 10.2 Å². The van der Waals surface area contributed by atoms with Crippen LogP contribution in [0.25, 0.3) is 0 Å². The summed E-state index contributed by atoms with van der Waals surface area (Å²) >= 11 is 0. The van der Waals surface area contributed by atoms with Gasteiger partial charge in [-0.05, 0) is 19.8 Å². The molecule has 7 nitrogen and oxygen atoms in total. The Morgan fingerprint density at radius 2 is 2.24 bits per heavy atom. The van der Waals surface area contributed by atoms with Crippen LogP contribution in [0.2, 0.25) is 0 Å². The summed E-state index contributed by atoms with van der Waals surface area (Å²) in [7, 11) is 0. The summed E-state index contributed by atoms with van der Waals surface area (Å²) in [5.74, 6) is 0.874. The Morgan fingerprint density at radius 3 is 2.82 bits per heavy atom. The van der Waals surface area contributed by atoms with E-state index in [2.05, 4.69) is 15.3 Å². The number of nitrogens with zero attached hydrogens (tertiary/aromatic N) is 4. The largest absolute Gasteiger partial charge is 0.354 e. The minimum Gasteiger partial charge on any atom is -0.354 e. The third-order valence-corrected chi connectivity index (χ3v) is 2.69. The Morgan fingerprint density at radius 1 is 1.53 bits per heavy atom.